The van der Waals surface area contributed by atoms with Gasteiger partial charge in [0.1, 0.15) is 0 Å². The number of benzene rings is 1. The van der Waals surface area contributed by atoms with Gasteiger partial charge in [-0.05, 0) is 58.0 Å². The highest BCUT2D eigenvalue weighted by molar-refractivity contribution is 7.89. The zero-order valence-electron chi connectivity index (χ0n) is 19.3. The first-order valence-electron chi connectivity index (χ1n) is 11.6. The Kier molecular flexibility index (Phi) is 6.74. The first kappa shape index (κ1) is 23.0. The van der Waals surface area contributed by atoms with Crippen LogP contribution in [0.5, 0.6) is 0 Å². The molecule has 32 heavy (non-hydrogen) atoms. The Morgan fingerprint density at radius 1 is 1.00 bits per heavy atom. The zero-order chi connectivity index (χ0) is 22.9. The molecule has 1 aliphatic carbocycles. The van der Waals surface area contributed by atoms with E-state index in [1.165, 1.54) is 23.6 Å². The molecule has 1 aromatic carbocycles. The molecule has 8 heteroatoms. The van der Waals surface area contributed by atoms with Crippen LogP contribution in [0.4, 0.5) is 5.69 Å². The third-order valence-corrected chi connectivity index (χ3v) is 8.76. The molecule has 2 heterocycles. The maximum atomic E-state index is 13.1. The van der Waals surface area contributed by atoms with E-state index in [1.807, 2.05) is 20.0 Å². The summed E-state index contributed by atoms with van der Waals surface area (Å²) < 4.78 is 30.0. The third kappa shape index (κ3) is 4.63. The van der Waals surface area contributed by atoms with Gasteiger partial charge in [0.05, 0.1) is 10.5 Å². The number of nitrogens with one attached hydrogen (secondary N) is 1. The molecule has 4 rings (SSSR count). The van der Waals surface area contributed by atoms with Crippen LogP contribution in [-0.2, 0) is 10.0 Å². The Morgan fingerprint density at radius 2 is 1.69 bits per heavy atom. The van der Waals surface area contributed by atoms with Crippen molar-refractivity contribution in [2.24, 2.45) is 0 Å². The lowest BCUT2D eigenvalue weighted by atomic mass is 9.95. The Labute approximate surface area is 191 Å². The van der Waals surface area contributed by atoms with Crippen LogP contribution < -0.4 is 5.32 Å². The molecule has 174 valence electrons. The fraction of sp³-hybridized carbons (Fsp3) is 0.542. The number of piperazine rings is 1. The van der Waals surface area contributed by atoms with Crippen molar-refractivity contribution < 1.29 is 13.2 Å². The van der Waals surface area contributed by atoms with Crippen LogP contribution in [0.1, 0.15) is 59.9 Å². The summed E-state index contributed by atoms with van der Waals surface area (Å²) in [6.07, 6.45) is 6.07. The van der Waals surface area contributed by atoms with Crippen molar-refractivity contribution in [1.29, 1.82) is 0 Å². The van der Waals surface area contributed by atoms with Gasteiger partial charge in [-0.25, -0.2) is 8.42 Å². The molecule has 1 saturated heterocycles. The molecule has 1 aromatic heterocycles. The van der Waals surface area contributed by atoms with E-state index < -0.39 is 10.0 Å². The number of hydrogen-bond donors (Lipinski definition) is 1. The summed E-state index contributed by atoms with van der Waals surface area (Å²) in [6.45, 7) is 6.44. The van der Waals surface area contributed by atoms with Crippen molar-refractivity contribution in [3.63, 3.8) is 0 Å². The number of hydrogen-bond acceptors (Lipinski definition) is 4. The predicted octanol–water partition coefficient (Wildman–Crippen LogP) is 3.80. The molecule has 0 radical (unpaired) electrons. The second-order valence-corrected chi connectivity index (χ2v) is 11.1. The second kappa shape index (κ2) is 9.37. The van der Waals surface area contributed by atoms with Crippen LogP contribution in [0.15, 0.2) is 35.2 Å². The van der Waals surface area contributed by atoms with Crippen LogP contribution in [0.3, 0.4) is 0 Å². The van der Waals surface area contributed by atoms with Crippen molar-refractivity contribution in [3.05, 3.63) is 47.3 Å². The minimum atomic E-state index is -3.58. The Hall–Kier alpha value is -2.16. The fourth-order valence-electron chi connectivity index (χ4n) is 5.02. The maximum absolute atomic E-state index is 13.1. The molecule has 1 aliphatic heterocycles. The van der Waals surface area contributed by atoms with E-state index in [4.69, 9.17) is 0 Å². The Bertz CT molecular complexity index is 1080. The highest BCUT2D eigenvalue weighted by Gasteiger charge is 2.28. The first-order valence-corrected chi connectivity index (χ1v) is 13.0. The molecule has 1 amide bonds. The number of nitrogens with zero attached hydrogens (tertiary/aromatic N) is 3. The first-order chi connectivity index (χ1) is 15.3. The van der Waals surface area contributed by atoms with E-state index in [0.717, 1.165) is 24.2 Å². The van der Waals surface area contributed by atoms with E-state index in [1.54, 1.807) is 24.3 Å². The van der Waals surface area contributed by atoms with Crippen molar-refractivity contribution >= 4 is 21.6 Å². The number of aryl methyl sites for hydroxylation is 1. The van der Waals surface area contributed by atoms with Gasteiger partial charge in [0, 0.05) is 49.3 Å². The lowest BCUT2D eigenvalue weighted by molar-refractivity contribution is 0.102. The molecule has 2 aliphatic rings. The normalized spacial score (nSPS) is 19.2. The van der Waals surface area contributed by atoms with Gasteiger partial charge >= 0.3 is 0 Å². The number of aromatic nitrogens is 1. The number of carbonyl (C=O) groups is 1. The van der Waals surface area contributed by atoms with Crippen molar-refractivity contribution in [2.75, 3.05) is 38.5 Å². The van der Waals surface area contributed by atoms with E-state index in [9.17, 15) is 13.2 Å². The van der Waals surface area contributed by atoms with Gasteiger partial charge in [0.25, 0.3) is 5.91 Å². The molecular weight excluding hydrogens is 424 g/mol. The van der Waals surface area contributed by atoms with E-state index >= 15 is 0 Å². The summed E-state index contributed by atoms with van der Waals surface area (Å²) in [5.41, 5.74) is 3.23. The summed E-state index contributed by atoms with van der Waals surface area (Å²) >= 11 is 0. The van der Waals surface area contributed by atoms with Crippen LogP contribution >= 0.6 is 0 Å². The second-order valence-electron chi connectivity index (χ2n) is 9.14. The third-order valence-electron chi connectivity index (χ3n) is 6.86. The van der Waals surface area contributed by atoms with E-state index in [-0.39, 0.29) is 10.8 Å². The lowest BCUT2D eigenvalue weighted by Gasteiger charge is -2.31. The summed E-state index contributed by atoms with van der Waals surface area (Å²) in [4.78, 5) is 15.4. The number of anilines is 1. The number of carbonyl (C=O) groups excluding carboxylic acids is 1. The summed E-state index contributed by atoms with van der Waals surface area (Å²) in [5.74, 6) is -0.200. The minimum Gasteiger partial charge on any atom is -0.345 e. The predicted molar refractivity (Wildman–Crippen MR) is 127 cm³/mol. The van der Waals surface area contributed by atoms with Crippen LogP contribution in [0, 0.1) is 13.8 Å². The van der Waals surface area contributed by atoms with Gasteiger partial charge in [-0.3, -0.25) is 4.79 Å². The summed E-state index contributed by atoms with van der Waals surface area (Å²) in [7, 11) is -1.59. The molecule has 0 atom stereocenters. The average molecular weight is 459 g/mol. The Balaban J connectivity index is 1.52. The molecule has 7 nitrogen and oxygen atoms in total. The van der Waals surface area contributed by atoms with Crippen LogP contribution in [-0.4, -0.2) is 61.3 Å². The molecule has 1 N–H and O–H groups in total. The monoisotopic (exact) mass is 458 g/mol. The lowest BCUT2D eigenvalue weighted by Crippen LogP contribution is -2.47. The smallest absolute Gasteiger partial charge is 0.257 e. The number of rotatable bonds is 5. The highest BCUT2D eigenvalue weighted by Crippen LogP contribution is 2.32. The zero-order valence-corrected chi connectivity index (χ0v) is 20.1. The molecular formula is C24H34N4O3S. The Morgan fingerprint density at radius 3 is 2.38 bits per heavy atom. The summed E-state index contributed by atoms with van der Waals surface area (Å²) in [5, 5.41) is 2.92. The SMILES string of the molecule is Cc1cc(C(=O)Nc2cccc(S(=O)(=O)N3CCN(C)CC3)c2)c(C)n1C1CCCCC1. The van der Waals surface area contributed by atoms with Gasteiger partial charge in [-0.2, -0.15) is 4.31 Å². The van der Waals surface area contributed by atoms with Gasteiger partial charge in [0.2, 0.25) is 10.0 Å². The highest BCUT2D eigenvalue weighted by atomic mass is 32.2. The summed E-state index contributed by atoms with van der Waals surface area (Å²) in [6, 6.07) is 8.99. The maximum Gasteiger partial charge on any atom is 0.257 e. The standard InChI is InChI=1S/C24H34N4O3S/c1-18-16-23(19(2)28(18)21-9-5-4-6-10-21)24(29)25-20-8-7-11-22(17-20)32(30,31)27-14-12-26(3)13-15-27/h7-8,11,16-17,21H,4-6,9-10,12-15H2,1-3H3,(H,25,29). The average Bonchev–Trinajstić information content (AvgIpc) is 3.09. The largest absolute Gasteiger partial charge is 0.345 e. The molecule has 0 spiro atoms. The van der Waals surface area contributed by atoms with E-state index in [0.29, 0.717) is 43.5 Å². The van der Waals surface area contributed by atoms with Gasteiger partial charge in [0.15, 0.2) is 0 Å². The molecule has 0 unspecified atom stereocenters. The van der Waals surface area contributed by atoms with Gasteiger partial charge in [-0.15, -0.1) is 0 Å². The van der Waals surface area contributed by atoms with Crippen LogP contribution in [0.2, 0.25) is 0 Å². The molecule has 2 fully saturated rings. The number of amides is 1. The van der Waals surface area contributed by atoms with E-state index in [2.05, 4.69) is 21.7 Å². The van der Waals surface area contributed by atoms with Crippen molar-refractivity contribution in [2.45, 2.75) is 56.9 Å². The topological polar surface area (TPSA) is 74.7 Å². The van der Waals surface area contributed by atoms with Crippen molar-refractivity contribution in [1.82, 2.24) is 13.8 Å². The van der Waals surface area contributed by atoms with Gasteiger partial charge in [-0.1, -0.05) is 25.3 Å². The molecule has 1 saturated carbocycles. The van der Waals surface area contributed by atoms with Crippen molar-refractivity contribution in [3.8, 4) is 0 Å². The molecule has 0 bridgehead atoms. The molecule has 2 aromatic rings. The van der Waals surface area contributed by atoms with Gasteiger partial charge < -0.3 is 14.8 Å². The quantitative estimate of drug-likeness (QED) is 0.740. The minimum absolute atomic E-state index is 0.200. The number of sulfonamides is 1. The van der Waals surface area contributed by atoms with Crippen LogP contribution in [0.25, 0.3) is 0 Å². The fourth-order valence-corrected chi connectivity index (χ4v) is 6.49. The number of likely N-dealkylation sites (N-methyl/N-ethyl adjacent to an activating group) is 1.